The van der Waals surface area contributed by atoms with E-state index in [1.165, 1.54) is 45.1 Å². The second kappa shape index (κ2) is 6.76. The van der Waals surface area contributed by atoms with Crippen molar-refractivity contribution in [3.63, 3.8) is 0 Å². The van der Waals surface area contributed by atoms with Gasteiger partial charge in [0.15, 0.2) is 0 Å². The molecule has 1 aliphatic carbocycles. The Morgan fingerprint density at radius 3 is 2.55 bits per heavy atom. The van der Waals surface area contributed by atoms with Crippen LogP contribution < -0.4 is 5.32 Å². The van der Waals surface area contributed by atoms with Gasteiger partial charge >= 0.3 is 0 Å². The van der Waals surface area contributed by atoms with Crippen LogP contribution in [-0.4, -0.2) is 38.0 Å². The topological polar surface area (TPSA) is 30.5 Å². The third-order valence-electron chi connectivity index (χ3n) is 5.80. The van der Waals surface area contributed by atoms with E-state index in [1.54, 1.807) is 0 Å². The fraction of sp³-hybridized carbons (Fsp3) is 1.00. The lowest BCUT2D eigenvalue weighted by molar-refractivity contribution is -0.0896. The predicted octanol–water partition coefficient (Wildman–Crippen LogP) is 3.13. The molecule has 0 aromatic heterocycles. The van der Waals surface area contributed by atoms with Crippen LogP contribution in [0.15, 0.2) is 0 Å². The van der Waals surface area contributed by atoms with Crippen molar-refractivity contribution >= 4 is 0 Å². The van der Waals surface area contributed by atoms with Gasteiger partial charge in [-0.2, -0.15) is 0 Å². The van der Waals surface area contributed by atoms with Crippen molar-refractivity contribution in [1.29, 1.82) is 0 Å². The van der Waals surface area contributed by atoms with Crippen molar-refractivity contribution in [2.45, 2.75) is 69.9 Å². The molecule has 1 N–H and O–H groups in total. The molecule has 20 heavy (non-hydrogen) atoms. The lowest BCUT2D eigenvalue weighted by atomic mass is 9.80. The van der Waals surface area contributed by atoms with Gasteiger partial charge in [0.05, 0.1) is 12.2 Å². The highest BCUT2D eigenvalue weighted by molar-refractivity contribution is 4.93. The third-order valence-corrected chi connectivity index (χ3v) is 5.80. The first kappa shape index (κ1) is 14.8. The smallest absolute Gasteiger partial charge is 0.0951 e. The van der Waals surface area contributed by atoms with E-state index in [2.05, 4.69) is 12.2 Å². The molecule has 3 heteroatoms. The van der Waals surface area contributed by atoms with Crippen molar-refractivity contribution in [2.24, 2.45) is 11.8 Å². The minimum Gasteiger partial charge on any atom is -0.378 e. The Morgan fingerprint density at radius 2 is 1.85 bits per heavy atom. The van der Waals surface area contributed by atoms with Crippen molar-refractivity contribution in [3.8, 4) is 0 Å². The van der Waals surface area contributed by atoms with Crippen LogP contribution in [0.1, 0.15) is 58.3 Å². The summed E-state index contributed by atoms with van der Waals surface area (Å²) in [4.78, 5) is 0. The largest absolute Gasteiger partial charge is 0.378 e. The molecule has 2 atom stereocenters. The van der Waals surface area contributed by atoms with Gasteiger partial charge < -0.3 is 14.8 Å². The molecule has 2 aliphatic heterocycles. The van der Waals surface area contributed by atoms with Crippen molar-refractivity contribution in [2.75, 3.05) is 26.4 Å². The summed E-state index contributed by atoms with van der Waals surface area (Å²) in [6, 6.07) is 0.648. The standard InChI is InChI=1S/C17H31NO2/c1-2-14-3-5-15(6-4-14)12-18-16-7-9-20-17(11-16)8-10-19-13-17/h14-16,18H,2-13H2,1H3. The van der Waals surface area contributed by atoms with Crippen LogP contribution in [0.2, 0.25) is 0 Å². The minimum absolute atomic E-state index is 0.0514. The van der Waals surface area contributed by atoms with E-state index in [0.29, 0.717) is 6.04 Å². The highest BCUT2D eigenvalue weighted by atomic mass is 16.6. The van der Waals surface area contributed by atoms with E-state index in [1.807, 2.05) is 0 Å². The van der Waals surface area contributed by atoms with Gasteiger partial charge in [-0.25, -0.2) is 0 Å². The molecule has 0 radical (unpaired) electrons. The Labute approximate surface area is 123 Å². The first-order chi connectivity index (χ1) is 9.80. The van der Waals surface area contributed by atoms with E-state index in [0.717, 1.165) is 44.5 Å². The Balaban J connectivity index is 1.40. The molecule has 0 bridgehead atoms. The zero-order chi connectivity index (χ0) is 13.8. The SMILES string of the molecule is CCC1CCC(CNC2CCOC3(CCOC3)C2)CC1. The molecule has 2 heterocycles. The Hall–Kier alpha value is -0.120. The summed E-state index contributed by atoms with van der Waals surface area (Å²) in [6.45, 7) is 6.16. The van der Waals surface area contributed by atoms with Gasteiger partial charge in [-0.05, 0) is 44.1 Å². The van der Waals surface area contributed by atoms with Crippen molar-refractivity contribution < 1.29 is 9.47 Å². The van der Waals surface area contributed by atoms with Crippen LogP contribution in [0.3, 0.4) is 0 Å². The molecule has 0 amide bonds. The number of nitrogens with one attached hydrogen (secondary N) is 1. The molecule has 3 nitrogen and oxygen atoms in total. The predicted molar refractivity (Wildman–Crippen MR) is 80.9 cm³/mol. The van der Waals surface area contributed by atoms with E-state index in [9.17, 15) is 0 Å². The van der Waals surface area contributed by atoms with Crippen LogP contribution in [0.4, 0.5) is 0 Å². The van der Waals surface area contributed by atoms with E-state index < -0.39 is 0 Å². The maximum Gasteiger partial charge on any atom is 0.0951 e. The van der Waals surface area contributed by atoms with Crippen LogP contribution in [0.25, 0.3) is 0 Å². The lowest BCUT2D eigenvalue weighted by Gasteiger charge is -2.38. The van der Waals surface area contributed by atoms with Gasteiger partial charge in [-0.3, -0.25) is 0 Å². The molecular formula is C17H31NO2. The van der Waals surface area contributed by atoms with E-state index >= 15 is 0 Å². The summed E-state index contributed by atoms with van der Waals surface area (Å²) in [5, 5.41) is 3.84. The first-order valence-corrected chi connectivity index (χ1v) is 8.75. The summed E-state index contributed by atoms with van der Waals surface area (Å²) in [7, 11) is 0. The monoisotopic (exact) mass is 281 g/mol. The molecule has 3 aliphatic rings. The number of hydrogen-bond acceptors (Lipinski definition) is 3. The number of hydrogen-bond donors (Lipinski definition) is 1. The Kier molecular flexibility index (Phi) is 5.00. The molecular weight excluding hydrogens is 250 g/mol. The second-order valence-electron chi connectivity index (χ2n) is 7.23. The Bertz CT molecular complexity index is 293. The van der Waals surface area contributed by atoms with Crippen LogP contribution in [0, 0.1) is 11.8 Å². The number of ether oxygens (including phenoxy) is 2. The minimum atomic E-state index is 0.0514. The molecule has 3 rings (SSSR count). The maximum atomic E-state index is 6.01. The average Bonchev–Trinajstić information content (AvgIpc) is 2.93. The van der Waals surface area contributed by atoms with Crippen LogP contribution >= 0.6 is 0 Å². The maximum absolute atomic E-state index is 6.01. The fourth-order valence-corrected chi connectivity index (χ4v) is 4.24. The molecule has 2 unspecified atom stereocenters. The third kappa shape index (κ3) is 3.55. The highest BCUT2D eigenvalue weighted by Gasteiger charge is 2.40. The Morgan fingerprint density at radius 1 is 1.05 bits per heavy atom. The van der Waals surface area contributed by atoms with Gasteiger partial charge in [-0.15, -0.1) is 0 Å². The van der Waals surface area contributed by atoms with Gasteiger partial charge in [0.2, 0.25) is 0 Å². The van der Waals surface area contributed by atoms with Gasteiger partial charge in [0, 0.05) is 25.7 Å². The normalized spacial score (nSPS) is 42.1. The molecule has 2 saturated heterocycles. The summed E-state index contributed by atoms with van der Waals surface area (Å²) in [5.41, 5.74) is 0.0514. The average molecular weight is 281 g/mol. The van der Waals surface area contributed by atoms with E-state index in [-0.39, 0.29) is 5.60 Å². The summed E-state index contributed by atoms with van der Waals surface area (Å²) in [5.74, 6) is 1.92. The molecule has 3 fully saturated rings. The molecule has 0 aromatic rings. The summed E-state index contributed by atoms with van der Waals surface area (Å²) >= 11 is 0. The summed E-state index contributed by atoms with van der Waals surface area (Å²) in [6.07, 6.45) is 10.6. The van der Waals surface area contributed by atoms with Gasteiger partial charge in [0.1, 0.15) is 0 Å². The number of rotatable bonds is 4. The van der Waals surface area contributed by atoms with E-state index in [4.69, 9.17) is 9.47 Å². The fourth-order valence-electron chi connectivity index (χ4n) is 4.24. The quantitative estimate of drug-likeness (QED) is 0.859. The zero-order valence-corrected chi connectivity index (χ0v) is 13.0. The zero-order valence-electron chi connectivity index (χ0n) is 13.0. The van der Waals surface area contributed by atoms with Crippen molar-refractivity contribution in [1.82, 2.24) is 5.32 Å². The highest BCUT2D eigenvalue weighted by Crippen LogP contribution is 2.34. The molecule has 1 spiro atoms. The van der Waals surface area contributed by atoms with Crippen LogP contribution in [0.5, 0.6) is 0 Å². The van der Waals surface area contributed by atoms with Gasteiger partial charge in [0.25, 0.3) is 0 Å². The van der Waals surface area contributed by atoms with Crippen molar-refractivity contribution in [3.05, 3.63) is 0 Å². The summed E-state index contributed by atoms with van der Waals surface area (Å²) < 4.78 is 11.6. The first-order valence-electron chi connectivity index (χ1n) is 8.75. The van der Waals surface area contributed by atoms with Gasteiger partial charge in [-0.1, -0.05) is 26.2 Å². The lowest BCUT2D eigenvalue weighted by Crippen LogP contribution is -2.48. The molecule has 1 saturated carbocycles. The molecule has 0 aromatic carbocycles. The second-order valence-corrected chi connectivity index (χ2v) is 7.23. The molecule has 116 valence electrons. The van der Waals surface area contributed by atoms with Crippen LogP contribution in [-0.2, 0) is 9.47 Å².